The standard InChI is InChI=1S/C28H26N4O3/c1-28(2)15-20-5-4-6-23(25(20)35-28)34-26-24-21(11-13-29-26)17-32(27(24)33)16-18-7-9-19(10-8-18)22-12-14-31(3)30-22/h4-14H,15-17H2,1-3H3. The number of ether oxygens (including phenoxy) is 2. The van der Waals surface area contributed by atoms with Crippen molar-refractivity contribution >= 4 is 5.91 Å². The minimum atomic E-state index is -0.285. The fourth-order valence-corrected chi connectivity index (χ4v) is 4.82. The van der Waals surface area contributed by atoms with Gasteiger partial charge in [-0.25, -0.2) is 4.98 Å². The summed E-state index contributed by atoms with van der Waals surface area (Å²) in [5.41, 5.74) is 5.28. The van der Waals surface area contributed by atoms with E-state index in [9.17, 15) is 4.79 Å². The first kappa shape index (κ1) is 21.4. The third-order valence-corrected chi connectivity index (χ3v) is 6.46. The molecule has 0 fully saturated rings. The van der Waals surface area contributed by atoms with Crippen LogP contribution in [-0.4, -0.2) is 31.2 Å². The van der Waals surface area contributed by atoms with Crippen LogP contribution in [0.4, 0.5) is 0 Å². The normalized spacial score (nSPS) is 15.6. The van der Waals surface area contributed by atoms with E-state index in [-0.39, 0.29) is 11.5 Å². The van der Waals surface area contributed by atoms with E-state index in [1.165, 1.54) is 0 Å². The molecule has 6 rings (SSSR count). The first-order valence-electron chi connectivity index (χ1n) is 11.7. The Kier molecular flexibility index (Phi) is 4.88. The summed E-state index contributed by atoms with van der Waals surface area (Å²) in [5, 5.41) is 4.45. The van der Waals surface area contributed by atoms with Crippen molar-refractivity contribution in [2.75, 3.05) is 0 Å². The summed E-state index contributed by atoms with van der Waals surface area (Å²) in [4.78, 5) is 19.6. The molecule has 7 heteroatoms. The van der Waals surface area contributed by atoms with Crippen molar-refractivity contribution in [3.05, 3.63) is 89.2 Å². The highest BCUT2D eigenvalue weighted by Crippen LogP contribution is 2.44. The predicted molar refractivity (Wildman–Crippen MR) is 131 cm³/mol. The molecule has 0 N–H and O–H groups in total. The zero-order valence-electron chi connectivity index (χ0n) is 20.0. The van der Waals surface area contributed by atoms with Crippen molar-refractivity contribution in [2.24, 2.45) is 7.05 Å². The van der Waals surface area contributed by atoms with Crippen LogP contribution in [0.25, 0.3) is 11.3 Å². The van der Waals surface area contributed by atoms with E-state index in [2.05, 4.69) is 23.9 Å². The molecule has 4 heterocycles. The van der Waals surface area contributed by atoms with Gasteiger partial charge in [-0.3, -0.25) is 9.48 Å². The average molecular weight is 467 g/mol. The van der Waals surface area contributed by atoms with E-state index in [4.69, 9.17) is 9.47 Å². The van der Waals surface area contributed by atoms with Crippen LogP contribution in [0.3, 0.4) is 0 Å². The molecule has 0 radical (unpaired) electrons. The third-order valence-electron chi connectivity index (χ3n) is 6.46. The molecule has 2 aliphatic rings. The van der Waals surface area contributed by atoms with Crippen molar-refractivity contribution in [1.82, 2.24) is 19.7 Å². The molecule has 35 heavy (non-hydrogen) atoms. The first-order valence-corrected chi connectivity index (χ1v) is 11.7. The number of pyridine rings is 1. The smallest absolute Gasteiger partial charge is 0.260 e. The summed E-state index contributed by atoms with van der Waals surface area (Å²) >= 11 is 0. The Labute approximate surface area is 203 Å². The van der Waals surface area contributed by atoms with Gasteiger partial charge in [0, 0.05) is 50.1 Å². The van der Waals surface area contributed by atoms with Crippen molar-refractivity contribution in [2.45, 2.75) is 39.0 Å². The average Bonchev–Trinajstić information content (AvgIpc) is 3.49. The number of carbonyl (C=O) groups excluding carboxylic acids is 1. The molecule has 4 aromatic rings. The van der Waals surface area contributed by atoms with Crippen LogP contribution in [0.5, 0.6) is 17.4 Å². The number of amides is 1. The van der Waals surface area contributed by atoms with Gasteiger partial charge in [-0.05, 0) is 43.2 Å². The van der Waals surface area contributed by atoms with Gasteiger partial charge in [-0.15, -0.1) is 0 Å². The fourth-order valence-electron chi connectivity index (χ4n) is 4.82. The minimum absolute atomic E-state index is 0.0780. The molecule has 0 spiro atoms. The number of hydrogen-bond acceptors (Lipinski definition) is 5. The highest BCUT2D eigenvalue weighted by molar-refractivity contribution is 6.00. The predicted octanol–water partition coefficient (Wildman–Crippen LogP) is 5.14. The molecule has 2 aliphatic heterocycles. The van der Waals surface area contributed by atoms with Gasteiger partial charge in [0.15, 0.2) is 11.5 Å². The van der Waals surface area contributed by atoms with E-state index < -0.39 is 0 Å². The number of fused-ring (bicyclic) bond motifs is 2. The molecule has 1 amide bonds. The maximum Gasteiger partial charge on any atom is 0.260 e. The van der Waals surface area contributed by atoms with Gasteiger partial charge in [-0.1, -0.05) is 36.4 Å². The van der Waals surface area contributed by atoms with Crippen LogP contribution < -0.4 is 9.47 Å². The van der Waals surface area contributed by atoms with Crippen LogP contribution in [0.15, 0.2) is 67.0 Å². The molecule has 0 bridgehead atoms. The van der Waals surface area contributed by atoms with Gasteiger partial charge in [0.1, 0.15) is 11.2 Å². The molecule has 0 unspecified atom stereocenters. The summed E-state index contributed by atoms with van der Waals surface area (Å²) in [6, 6.07) is 17.9. The Morgan fingerprint density at radius 3 is 2.66 bits per heavy atom. The molecule has 0 atom stereocenters. The highest BCUT2D eigenvalue weighted by atomic mass is 16.5. The maximum atomic E-state index is 13.4. The third kappa shape index (κ3) is 3.93. The lowest BCUT2D eigenvalue weighted by Gasteiger charge is -2.18. The Morgan fingerprint density at radius 2 is 1.89 bits per heavy atom. The first-order chi connectivity index (χ1) is 16.9. The Hall–Kier alpha value is -4.13. The maximum absolute atomic E-state index is 13.4. The lowest BCUT2D eigenvalue weighted by atomic mass is 10.0. The van der Waals surface area contributed by atoms with E-state index in [0.717, 1.165) is 40.1 Å². The number of aromatic nitrogens is 3. The summed E-state index contributed by atoms with van der Waals surface area (Å²) in [5.74, 6) is 1.56. The van der Waals surface area contributed by atoms with Gasteiger partial charge < -0.3 is 14.4 Å². The van der Waals surface area contributed by atoms with Crippen molar-refractivity contribution < 1.29 is 14.3 Å². The van der Waals surface area contributed by atoms with Crippen LogP contribution >= 0.6 is 0 Å². The number of carbonyl (C=O) groups is 1. The topological polar surface area (TPSA) is 69.5 Å². The minimum Gasteiger partial charge on any atom is -0.483 e. The van der Waals surface area contributed by atoms with Crippen molar-refractivity contribution in [3.63, 3.8) is 0 Å². The monoisotopic (exact) mass is 466 g/mol. The second-order valence-corrected chi connectivity index (χ2v) is 9.77. The van der Waals surface area contributed by atoms with E-state index in [1.807, 2.05) is 72.7 Å². The number of nitrogens with zero attached hydrogens (tertiary/aromatic N) is 4. The highest BCUT2D eigenvalue weighted by Gasteiger charge is 2.35. The lowest BCUT2D eigenvalue weighted by molar-refractivity contribution is 0.0764. The van der Waals surface area contributed by atoms with Gasteiger partial charge in [0.05, 0.1) is 5.69 Å². The summed E-state index contributed by atoms with van der Waals surface area (Å²) in [6.45, 7) is 5.14. The molecule has 0 saturated heterocycles. The molecule has 176 valence electrons. The molecular formula is C28H26N4O3. The molecular weight excluding hydrogens is 440 g/mol. The van der Waals surface area contributed by atoms with Crippen LogP contribution in [0.2, 0.25) is 0 Å². The van der Waals surface area contributed by atoms with Gasteiger partial charge in [0.25, 0.3) is 5.91 Å². The van der Waals surface area contributed by atoms with Crippen LogP contribution in [0.1, 0.15) is 40.9 Å². The number of aryl methyl sites for hydroxylation is 1. The van der Waals surface area contributed by atoms with E-state index >= 15 is 0 Å². The Bertz CT molecular complexity index is 1440. The zero-order chi connectivity index (χ0) is 24.2. The molecule has 2 aromatic heterocycles. The van der Waals surface area contributed by atoms with E-state index in [0.29, 0.717) is 30.3 Å². The van der Waals surface area contributed by atoms with Crippen molar-refractivity contribution in [3.8, 4) is 28.6 Å². The van der Waals surface area contributed by atoms with Gasteiger partial charge in [0.2, 0.25) is 5.88 Å². The molecule has 0 saturated carbocycles. The van der Waals surface area contributed by atoms with Crippen molar-refractivity contribution in [1.29, 1.82) is 0 Å². The molecule has 2 aromatic carbocycles. The van der Waals surface area contributed by atoms with Gasteiger partial charge >= 0.3 is 0 Å². The van der Waals surface area contributed by atoms with E-state index in [1.54, 1.807) is 10.9 Å². The quantitative estimate of drug-likeness (QED) is 0.407. The fraction of sp³-hybridized carbons (Fsp3) is 0.250. The SMILES string of the molecule is Cn1ccc(-c2ccc(CN3Cc4ccnc(Oc5cccc6c5OC(C)(C)C6)c4C3=O)cc2)n1. The second kappa shape index (κ2) is 7.98. The van der Waals surface area contributed by atoms with Crippen LogP contribution in [-0.2, 0) is 26.6 Å². The summed E-state index contributed by atoms with van der Waals surface area (Å²) in [7, 11) is 1.90. The second-order valence-electron chi connectivity index (χ2n) is 9.77. The number of para-hydroxylation sites is 1. The van der Waals surface area contributed by atoms with Gasteiger partial charge in [-0.2, -0.15) is 5.10 Å². The Balaban J connectivity index is 1.22. The number of rotatable bonds is 5. The molecule has 7 nitrogen and oxygen atoms in total. The molecule has 0 aliphatic carbocycles. The summed E-state index contributed by atoms with van der Waals surface area (Å²) in [6.07, 6.45) is 4.43. The Morgan fingerprint density at radius 1 is 1.06 bits per heavy atom. The largest absolute Gasteiger partial charge is 0.483 e. The lowest BCUT2D eigenvalue weighted by Crippen LogP contribution is -2.24. The number of hydrogen-bond donors (Lipinski definition) is 0. The summed E-state index contributed by atoms with van der Waals surface area (Å²) < 4.78 is 14.1. The number of benzene rings is 2. The zero-order valence-corrected chi connectivity index (χ0v) is 20.0. The van der Waals surface area contributed by atoms with Crippen LogP contribution in [0, 0.1) is 0 Å².